The molecule has 1 aliphatic rings. The number of piperazine rings is 1. The summed E-state index contributed by atoms with van der Waals surface area (Å²) < 4.78 is 15.3. The van der Waals surface area contributed by atoms with Crippen molar-refractivity contribution in [1.82, 2.24) is 19.7 Å². The van der Waals surface area contributed by atoms with Crippen LogP contribution in [0.15, 0.2) is 24.3 Å². The first kappa shape index (κ1) is 18.4. The monoisotopic (exact) mass is 360 g/mol. The third-order valence-electron chi connectivity index (χ3n) is 5.14. The maximum atomic E-state index is 13.5. The van der Waals surface area contributed by atoms with Crippen LogP contribution in [-0.2, 0) is 11.8 Å². The highest BCUT2D eigenvalue weighted by Gasteiger charge is 2.35. The van der Waals surface area contributed by atoms with E-state index < -0.39 is 0 Å². The third-order valence-corrected chi connectivity index (χ3v) is 5.14. The molecule has 1 saturated heterocycles. The summed E-state index contributed by atoms with van der Waals surface area (Å²) in [6, 6.07) is 6.05. The molecular formula is C19H25FN4O2. The molecule has 3 rings (SSSR count). The fourth-order valence-electron chi connectivity index (χ4n) is 3.69. The van der Waals surface area contributed by atoms with Crippen LogP contribution in [0.1, 0.15) is 24.3 Å². The van der Waals surface area contributed by atoms with Crippen LogP contribution >= 0.6 is 0 Å². The van der Waals surface area contributed by atoms with Crippen LogP contribution in [0.25, 0.3) is 10.9 Å². The van der Waals surface area contributed by atoms with Crippen molar-refractivity contribution in [2.45, 2.75) is 25.9 Å². The summed E-state index contributed by atoms with van der Waals surface area (Å²) >= 11 is 0. The van der Waals surface area contributed by atoms with E-state index in [1.165, 1.54) is 12.1 Å². The average molecular weight is 360 g/mol. The highest BCUT2D eigenvalue weighted by atomic mass is 19.1. The standard InChI is InChI=1S/C19H25FN4O2/c1-12(2)24-8-7-23(11-17(24)18(25)21-3)19(26)16-10-13-9-14(20)5-6-15(13)22(16)4/h5-6,9-10,12,17H,7-8,11H2,1-4H3,(H,21,25)/t17-/m0/s1. The molecule has 0 saturated carbocycles. The van der Waals surface area contributed by atoms with E-state index in [1.807, 2.05) is 13.8 Å². The normalized spacial score (nSPS) is 18.5. The van der Waals surface area contributed by atoms with Gasteiger partial charge < -0.3 is 14.8 Å². The number of rotatable bonds is 3. The van der Waals surface area contributed by atoms with Gasteiger partial charge in [-0.2, -0.15) is 0 Å². The molecule has 1 aromatic carbocycles. The van der Waals surface area contributed by atoms with Gasteiger partial charge in [-0.1, -0.05) is 0 Å². The molecule has 26 heavy (non-hydrogen) atoms. The highest BCUT2D eigenvalue weighted by Crippen LogP contribution is 2.22. The number of aryl methyl sites for hydroxylation is 1. The zero-order valence-electron chi connectivity index (χ0n) is 15.6. The molecule has 1 fully saturated rings. The molecule has 0 spiro atoms. The quantitative estimate of drug-likeness (QED) is 0.905. The van der Waals surface area contributed by atoms with E-state index in [0.717, 1.165) is 5.52 Å². The number of hydrogen-bond acceptors (Lipinski definition) is 3. The lowest BCUT2D eigenvalue weighted by Crippen LogP contribution is -2.61. The zero-order valence-corrected chi connectivity index (χ0v) is 15.6. The lowest BCUT2D eigenvalue weighted by atomic mass is 10.1. The van der Waals surface area contributed by atoms with Crippen molar-refractivity contribution in [3.63, 3.8) is 0 Å². The lowest BCUT2D eigenvalue weighted by Gasteiger charge is -2.42. The summed E-state index contributed by atoms with van der Waals surface area (Å²) in [5, 5.41) is 3.39. The number of hydrogen-bond donors (Lipinski definition) is 1. The Labute approximate surface area is 152 Å². The molecule has 1 atom stereocenters. The minimum atomic E-state index is -0.371. The highest BCUT2D eigenvalue weighted by molar-refractivity contribution is 5.99. The first-order valence-electron chi connectivity index (χ1n) is 8.85. The molecule has 0 aliphatic carbocycles. The molecule has 140 valence electrons. The first-order chi connectivity index (χ1) is 12.3. The van der Waals surface area contributed by atoms with Crippen molar-refractivity contribution in [3.8, 4) is 0 Å². The van der Waals surface area contributed by atoms with Crippen molar-refractivity contribution in [3.05, 3.63) is 35.8 Å². The molecule has 2 amide bonds. The van der Waals surface area contributed by atoms with Gasteiger partial charge in [-0.05, 0) is 38.1 Å². The van der Waals surface area contributed by atoms with Crippen LogP contribution < -0.4 is 5.32 Å². The van der Waals surface area contributed by atoms with E-state index in [2.05, 4.69) is 10.2 Å². The number of carbonyl (C=O) groups is 2. The lowest BCUT2D eigenvalue weighted by molar-refractivity contribution is -0.128. The second kappa shape index (κ2) is 7.07. The first-order valence-corrected chi connectivity index (χ1v) is 8.85. The summed E-state index contributed by atoms with van der Waals surface area (Å²) in [4.78, 5) is 29.2. The van der Waals surface area contributed by atoms with Crippen LogP contribution in [0, 0.1) is 5.82 Å². The molecule has 7 heteroatoms. The van der Waals surface area contributed by atoms with Gasteiger partial charge in [-0.15, -0.1) is 0 Å². The smallest absolute Gasteiger partial charge is 0.270 e. The molecule has 1 aliphatic heterocycles. The SMILES string of the molecule is CNC(=O)[C@@H]1CN(C(=O)c2cc3cc(F)ccc3n2C)CCN1C(C)C. The maximum absolute atomic E-state index is 13.5. The molecule has 0 unspecified atom stereocenters. The van der Waals surface area contributed by atoms with Gasteiger partial charge in [0.25, 0.3) is 5.91 Å². The van der Waals surface area contributed by atoms with E-state index in [1.54, 1.807) is 35.7 Å². The Morgan fingerprint density at radius 2 is 1.96 bits per heavy atom. The van der Waals surface area contributed by atoms with Crippen molar-refractivity contribution in [2.24, 2.45) is 7.05 Å². The Hall–Kier alpha value is -2.41. The molecule has 1 aromatic heterocycles. The fraction of sp³-hybridized carbons (Fsp3) is 0.474. The predicted molar refractivity (Wildman–Crippen MR) is 98.5 cm³/mol. The Balaban J connectivity index is 1.88. The van der Waals surface area contributed by atoms with Gasteiger partial charge in [-0.3, -0.25) is 14.5 Å². The van der Waals surface area contributed by atoms with Gasteiger partial charge in [0.05, 0.1) is 0 Å². The largest absolute Gasteiger partial charge is 0.358 e. The fourth-order valence-corrected chi connectivity index (χ4v) is 3.69. The van der Waals surface area contributed by atoms with Crippen LogP contribution in [-0.4, -0.2) is 64.9 Å². The third kappa shape index (κ3) is 3.19. The molecule has 0 bridgehead atoms. The molecular weight excluding hydrogens is 335 g/mol. The summed E-state index contributed by atoms with van der Waals surface area (Å²) in [6.45, 7) is 5.63. The Morgan fingerprint density at radius 3 is 2.62 bits per heavy atom. The second-order valence-corrected chi connectivity index (χ2v) is 7.00. The number of aromatic nitrogens is 1. The summed E-state index contributed by atoms with van der Waals surface area (Å²) in [5.74, 6) is -0.552. The second-order valence-electron chi connectivity index (χ2n) is 7.00. The van der Waals surface area contributed by atoms with Gasteiger partial charge in [0.1, 0.15) is 17.6 Å². The van der Waals surface area contributed by atoms with E-state index in [0.29, 0.717) is 30.7 Å². The number of likely N-dealkylation sites (N-methyl/N-ethyl adjacent to an activating group) is 1. The molecule has 0 radical (unpaired) electrons. The number of nitrogens with zero attached hydrogens (tertiary/aromatic N) is 3. The van der Waals surface area contributed by atoms with Crippen LogP contribution in [0.4, 0.5) is 4.39 Å². The summed E-state index contributed by atoms with van der Waals surface area (Å²) in [6.07, 6.45) is 0. The van der Waals surface area contributed by atoms with Crippen LogP contribution in [0.5, 0.6) is 0 Å². The van der Waals surface area contributed by atoms with Gasteiger partial charge in [0.2, 0.25) is 5.91 Å². The van der Waals surface area contributed by atoms with Crippen molar-refractivity contribution in [2.75, 3.05) is 26.7 Å². The van der Waals surface area contributed by atoms with E-state index >= 15 is 0 Å². The number of fused-ring (bicyclic) bond motifs is 1. The zero-order chi connectivity index (χ0) is 19.0. The van der Waals surface area contributed by atoms with Gasteiger partial charge >= 0.3 is 0 Å². The number of halogens is 1. The van der Waals surface area contributed by atoms with Crippen molar-refractivity contribution >= 4 is 22.7 Å². The van der Waals surface area contributed by atoms with Crippen LogP contribution in [0.2, 0.25) is 0 Å². The molecule has 2 heterocycles. The topological polar surface area (TPSA) is 57.6 Å². The maximum Gasteiger partial charge on any atom is 0.270 e. The minimum absolute atomic E-state index is 0.0877. The average Bonchev–Trinajstić information content (AvgIpc) is 2.95. The van der Waals surface area contributed by atoms with E-state index in [4.69, 9.17) is 0 Å². The van der Waals surface area contributed by atoms with Gasteiger partial charge in [-0.25, -0.2) is 4.39 Å². The summed E-state index contributed by atoms with van der Waals surface area (Å²) in [5.41, 5.74) is 1.30. The number of carbonyl (C=O) groups excluding carboxylic acids is 2. The number of benzene rings is 1. The predicted octanol–water partition coefficient (Wildman–Crippen LogP) is 1.60. The van der Waals surface area contributed by atoms with E-state index in [-0.39, 0.29) is 29.7 Å². The Kier molecular flexibility index (Phi) is 5.00. The van der Waals surface area contributed by atoms with Gasteiger partial charge in [0.15, 0.2) is 0 Å². The molecule has 2 aromatic rings. The minimum Gasteiger partial charge on any atom is -0.358 e. The molecule has 6 nitrogen and oxygen atoms in total. The Morgan fingerprint density at radius 1 is 1.23 bits per heavy atom. The number of nitrogens with one attached hydrogen (secondary N) is 1. The Bertz CT molecular complexity index is 845. The van der Waals surface area contributed by atoms with Crippen molar-refractivity contribution < 1.29 is 14.0 Å². The molecule has 1 N–H and O–H groups in total. The van der Waals surface area contributed by atoms with Crippen LogP contribution in [0.3, 0.4) is 0 Å². The van der Waals surface area contributed by atoms with Gasteiger partial charge in [0, 0.05) is 50.7 Å². The summed E-state index contributed by atoms with van der Waals surface area (Å²) in [7, 11) is 3.41. The van der Waals surface area contributed by atoms with E-state index in [9.17, 15) is 14.0 Å². The van der Waals surface area contributed by atoms with Crippen molar-refractivity contribution in [1.29, 1.82) is 0 Å². The number of amides is 2.